The lowest BCUT2D eigenvalue weighted by Gasteiger charge is -2.47. The lowest BCUT2D eigenvalue weighted by molar-refractivity contribution is 0.0834. The third kappa shape index (κ3) is 7.49. The van der Waals surface area contributed by atoms with Crippen LogP contribution in [0.15, 0.2) is 48.5 Å². The van der Waals surface area contributed by atoms with E-state index in [2.05, 4.69) is 16.0 Å². The van der Waals surface area contributed by atoms with E-state index >= 15 is 0 Å². The van der Waals surface area contributed by atoms with E-state index in [0.29, 0.717) is 43.1 Å². The van der Waals surface area contributed by atoms with Crippen LogP contribution >= 0.6 is 23.2 Å². The number of hydrogen-bond donors (Lipinski definition) is 6. The van der Waals surface area contributed by atoms with Crippen molar-refractivity contribution in [3.63, 3.8) is 0 Å². The van der Waals surface area contributed by atoms with E-state index in [9.17, 15) is 19.0 Å². The Bertz CT molecular complexity index is 919. The zero-order chi connectivity index (χ0) is 23.8. The number of hydrogen-bond acceptors (Lipinski definition) is 7. The first kappa shape index (κ1) is 28.2. The van der Waals surface area contributed by atoms with Crippen LogP contribution in [0.2, 0.25) is 0 Å². The number of aliphatic hydroxyl groups excluding tert-OH is 1. The average molecular weight is 513 g/mol. The minimum Gasteiger partial charge on any atom is -0.390 e. The summed E-state index contributed by atoms with van der Waals surface area (Å²) in [5.74, 6) is 0.00978. The SMILES string of the molecule is CCNc1cc(C(=O)N[C@@H](Cc2ccccc2)[C@H](O)CNC)cc(N2CCCCS2(O)O)c1.Cl. The molecule has 1 heterocycles. The predicted molar refractivity (Wildman–Crippen MR) is 143 cm³/mol. The molecule has 2 aromatic carbocycles. The van der Waals surface area contributed by atoms with Gasteiger partial charge >= 0.3 is 0 Å². The highest BCUT2D eigenvalue weighted by Crippen LogP contribution is 2.50. The number of aliphatic hydroxyl groups is 1. The topological polar surface area (TPSA) is 117 Å². The van der Waals surface area contributed by atoms with Gasteiger partial charge in [-0.1, -0.05) is 30.3 Å². The van der Waals surface area contributed by atoms with E-state index in [1.807, 2.05) is 43.3 Å². The van der Waals surface area contributed by atoms with E-state index in [1.165, 1.54) is 0 Å². The van der Waals surface area contributed by atoms with Crippen LogP contribution in [0.1, 0.15) is 35.7 Å². The van der Waals surface area contributed by atoms with Crippen molar-refractivity contribution in [2.75, 3.05) is 42.1 Å². The lowest BCUT2D eigenvalue weighted by Crippen LogP contribution is -2.48. The number of rotatable bonds is 10. The molecule has 0 unspecified atom stereocenters. The predicted octanol–water partition coefficient (Wildman–Crippen LogP) is 3.73. The first-order valence-corrected chi connectivity index (χ1v) is 13.1. The summed E-state index contributed by atoms with van der Waals surface area (Å²) in [5.41, 5.74) is 2.76. The summed E-state index contributed by atoms with van der Waals surface area (Å²) < 4.78 is 22.8. The molecular formula is C24H37ClN4O4S. The molecule has 2 aromatic rings. The van der Waals surface area contributed by atoms with Crippen molar-refractivity contribution in [2.45, 2.75) is 38.3 Å². The molecule has 10 heteroatoms. The molecule has 0 radical (unpaired) electrons. The monoisotopic (exact) mass is 512 g/mol. The third-order valence-corrected chi connectivity index (χ3v) is 7.66. The van der Waals surface area contributed by atoms with Gasteiger partial charge in [-0.25, -0.2) is 0 Å². The summed E-state index contributed by atoms with van der Waals surface area (Å²) in [6, 6.07) is 14.5. The maximum atomic E-state index is 13.3. The lowest BCUT2D eigenvalue weighted by atomic mass is 10.0. The minimum absolute atomic E-state index is 0. The van der Waals surface area contributed by atoms with Gasteiger partial charge in [-0.2, -0.15) is 0 Å². The second kappa shape index (κ2) is 13.2. The standard InChI is InChI=1S/C24H36N4O4S.ClH/c1-3-26-20-14-19(15-21(16-20)28-11-7-8-12-33(28,31)32)24(30)27-22(23(29)17-25-2)13-18-9-5-4-6-10-18;/h4-6,9-10,14-16,22-23,25-26,29,31-32H,3,7-8,11-13,17H2,1-2H3,(H,27,30);1H/t22-,23+;/m0./s1. The number of carbonyl (C=O) groups is 1. The molecule has 1 amide bonds. The average Bonchev–Trinajstić information content (AvgIpc) is 2.79. The van der Waals surface area contributed by atoms with E-state index in [1.54, 1.807) is 23.5 Å². The highest BCUT2D eigenvalue weighted by Gasteiger charge is 2.28. The van der Waals surface area contributed by atoms with E-state index < -0.39 is 22.9 Å². The van der Waals surface area contributed by atoms with Gasteiger partial charge in [0, 0.05) is 30.9 Å². The minimum atomic E-state index is -2.91. The van der Waals surface area contributed by atoms with E-state index in [-0.39, 0.29) is 18.3 Å². The number of halogens is 1. The van der Waals surface area contributed by atoms with Crippen LogP contribution in [0.4, 0.5) is 11.4 Å². The van der Waals surface area contributed by atoms with Gasteiger partial charge in [0.2, 0.25) is 0 Å². The van der Waals surface area contributed by atoms with Crippen LogP contribution in [0, 0.1) is 0 Å². The van der Waals surface area contributed by atoms with Crippen LogP contribution < -0.4 is 20.3 Å². The van der Waals surface area contributed by atoms with Gasteiger partial charge in [0.15, 0.2) is 0 Å². The molecule has 6 N–H and O–H groups in total. The molecule has 1 aliphatic heterocycles. The first-order valence-electron chi connectivity index (χ1n) is 11.4. The summed E-state index contributed by atoms with van der Waals surface area (Å²) >= 11 is 0. The highest BCUT2D eigenvalue weighted by molar-refractivity contribution is 8.25. The van der Waals surface area contributed by atoms with Crippen LogP contribution in [0.5, 0.6) is 0 Å². The first-order chi connectivity index (χ1) is 15.8. The molecular weight excluding hydrogens is 476 g/mol. The zero-order valence-electron chi connectivity index (χ0n) is 19.7. The van der Waals surface area contributed by atoms with Gasteiger partial charge in [-0.3, -0.25) is 18.2 Å². The van der Waals surface area contributed by atoms with Gasteiger partial charge in [0.25, 0.3) is 5.91 Å². The molecule has 1 fully saturated rings. The maximum Gasteiger partial charge on any atom is 0.251 e. The van der Waals surface area contributed by atoms with Crippen molar-refractivity contribution in [3.8, 4) is 0 Å². The van der Waals surface area contributed by atoms with Crippen LogP contribution in [-0.4, -0.2) is 64.7 Å². The van der Waals surface area contributed by atoms with Crippen molar-refractivity contribution in [3.05, 3.63) is 59.7 Å². The Balaban J connectivity index is 0.00000408. The molecule has 1 aliphatic rings. The molecule has 0 aromatic heterocycles. The van der Waals surface area contributed by atoms with Crippen LogP contribution in [0.3, 0.4) is 0 Å². The van der Waals surface area contributed by atoms with Crippen molar-refractivity contribution >= 4 is 40.5 Å². The van der Waals surface area contributed by atoms with Crippen molar-refractivity contribution in [1.82, 2.24) is 10.6 Å². The van der Waals surface area contributed by atoms with Crippen LogP contribution in [-0.2, 0) is 6.42 Å². The Kier molecular flexibility index (Phi) is 10.9. The Morgan fingerprint density at radius 3 is 2.53 bits per heavy atom. The molecule has 34 heavy (non-hydrogen) atoms. The Morgan fingerprint density at radius 2 is 1.88 bits per heavy atom. The molecule has 3 rings (SSSR count). The van der Waals surface area contributed by atoms with Crippen molar-refractivity contribution in [1.29, 1.82) is 0 Å². The molecule has 0 spiro atoms. The van der Waals surface area contributed by atoms with E-state index in [4.69, 9.17) is 0 Å². The van der Waals surface area contributed by atoms with Gasteiger partial charge in [-0.15, -0.1) is 23.2 Å². The second-order valence-corrected chi connectivity index (χ2v) is 10.5. The highest BCUT2D eigenvalue weighted by atomic mass is 35.5. The van der Waals surface area contributed by atoms with Gasteiger partial charge in [-0.05, 0) is 57.0 Å². The normalized spacial score (nSPS) is 17.7. The summed E-state index contributed by atoms with van der Waals surface area (Å²) in [5, 5.41) is 19.9. The number of carbonyl (C=O) groups excluding carboxylic acids is 1. The molecule has 1 saturated heterocycles. The van der Waals surface area contributed by atoms with Crippen molar-refractivity contribution in [2.24, 2.45) is 0 Å². The largest absolute Gasteiger partial charge is 0.390 e. The number of nitrogens with one attached hydrogen (secondary N) is 3. The summed E-state index contributed by atoms with van der Waals surface area (Å²) in [4.78, 5) is 13.3. The summed E-state index contributed by atoms with van der Waals surface area (Å²) in [7, 11) is -1.15. The Morgan fingerprint density at radius 1 is 1.15 bits per heavy atom. The molecule has 0 bridgehead atoms. The summed E-state index contributed by atoms with van der Waals surface area (Å²) in [6.45, 7) is 3.49. The molecule has 0 aliphatic carbocycles. The second-order valence-electron chi connectivity index (χ2n) is 8.34. The number of amides is 1. The number of likely N-dealkylation sites (N-methyl/N-ethyl adjacent to an activating group) is 1. The molecule has 8 nitrogen and oxygen atoms in total. The van der Waals surface area contributed by atoms with Crippen LogP contribution in [0.25, 0.3) is 0 Å². The fourth-order valence-electron chi connectivity index (χ4n) is 4.05. The molecule has 190 valence electrons. The zero-order valence-corrected chi connectivity index (χ0v) is 21.4. The molecule has 2 atom stereocenters. The number of anilines is 2. The maximum absolute atomic E-state index is 13.3. The van der Waals surface area contributed by atoms with Crippen molar-refractivity contribution < 1.29 is 19.0 Å². The Labute approximate surface area is 210 Å². The van der Waals surface area contributed by atoms with E-state index in [0.717, 1.165) is 24.1 Å². The van der Waals surface area contributed by atoms with Gasteiger partial charge < -0.3 is 21.1 Å². The number of benzene rings is 2. The Hall–Kier alpha value is -2.01. The van der Waals surface area contributed by atoms with Gasteiger partial charge in [0.05, 0.1) is 23.6 Å². The third-order valence-electron chi connectivity index (χ3n) is 5.72. The number of nitrogens with zero attached hydrogens (tertiary/aromatic N) is 1. The fourth-order valence-corrected chi connectivity index (χ4v) is 5.73. The smallest absolute Gasteiger partial charge is 0.251 e. The quantitative estimate of drug-likeness (QED) is 0.287. The molecule has 0 saturated carbocycles. The summed E-state index contributed by atoms with van der Waals surface area (Å²) in [6.07, 6.45) is 1.34. The van der Waals surface area contributed by atoms with Gasteiger partial charge in [0.1, 0.15) is 0 Å². The fraction of sp³-hybridized carbons (Fsp3) is 0.458.